The Labute approximate surface area is 62.9 Å². The molecule has 0 heterocycles. The molecular formula is C8H17O2. The lowest BCUT2D eigenvalue weighted by Gasteiger charge is -2.13. The van der Waals surface area contributed by atoms with Gasteiger partial charge in [-0.1, -0.05) is 26.7 Å². The summed E-state index contributed by atoms with van der Waals surface area (Å²) in [6.45, 7) is 4.06. The maximum atomic E-state index is 8.71. The molecule has 0 aromatic rings. The van der Waals surface area contributed by atoms with Crippen molar-refractivity contribution < 1.29 is 10.2 Å². The highest BCUT2D eigenvalue weighted by atomic mass is 16.5. The van der Waals surface area contributed by atoms with Crippen LogP contribution in [0.15, 0.2) is 0 Å². The second-order valence-electron chi connectivity index (χ2n) is 2.61. The zero-order valence-electron chi connectivity index (χ0n) is 6.80. The highest BCUT2D eigenvalue weighted by Gasteiger charge is 2.14. The van der Waals surface area contributed by atoms with E-state index in [9.17, 15) is 0 Å². The highest BCUT2D eigenvalue weighted by molar-refractivity contribution is 4.70. The second kappa shape index (κ2) is 5.69. The molecule has 10 heavy (non-hydrogen) atoms. The van der Waals surface area contributed by atoms with E-state index in [0.29, 0.717) is 0 Å². The summed E-state index contributed by atoms with van der Waals surface area (Å²) in [7, 11) is 0. The Morgan fingerprint density at radius 1 is 1.30 bits per heavy atom. The summed E-state index contributed by atoms with van der Waals surface area (Å²) in [5.74, 6) is -0.0000463. The average Bonchev–Trinajstić information content (AvgIpc) is 1.89. The summed E-state index contributed by atoms with van der Waals surface area (Å²) in [4.78, 5) is 0. The summed E-state index contributed by atoms with van der Waals surface area (Å²) >= 11 is 0. The van der Waals surface area contributed by atoms with E-state index in [-0.39, 0.29) is 5.92 Å². The van der Waals surface area contributed by atoms with Crippen molar-refractivity contribution in [1.82, 2.24) is 0 Å². The smallest absolute Gasteiger partial charge is 0.221 e. The van der Waals surface area contributed by atoms with Gasteiger partial charge in [0.25, 0.3) is 0 Å². The maximum Gasteiger partial charge on any atom is 0.221 e. The molecule has 2 N–H and O–H groups in total. The molecule has 1 unspecified atom stereocenters. The molecule has 0 amide bonds. The van der Waals surface area contributed by atoms with Crippen LogP contribution in [0.25, 0.3) is 0 Å². The number of hydrogen-bond donors (Lipinski definition) is 2. The molecular weight excluding hydrogens is 128 g/mol. The van der Waals surface area contributed by atoms with Crippen LogP contribution in [0, 0.1) is 12.2 Å². The lowest BCUT2D eigenvalue weighted by atomic mass is 9.99. The summed E-state index contributed by atoms with van der Waals surface area (Å²) < 4.78 is 0. The average molecular weight is 145 g/mol. The van der Waals surface area contributed by atoms with E-state index in [0.717, 1.165) is 25.7 Å². The molecule has 0 saturated heterocycles. The molecule has 0 aliphatic carbocycles. The molecule has 2 nitrogen and oxygen atoms in total. The van der Waals surface area contributed by atoms with Gasteiger partial charge in [0.1, 0.15) is 0 Å². The third kappa shape index (κ3) is 3.85. The number of aliphatic hydroxyl groups is 2. The van der Waals surface area contributed by atoms with Gasteiger partial charge in [0, 0.05) is 5.92 Å². The molecule has 0 bridgehead atoms. The van der Waals surface area contributed by atoms with E-state index < -0.39 is 6.29 Å². The first-order valence-corrected chi connectivity index (χ1v) is 3.97. The first kappa shape index (κ1) is 9.92. The number of aliphatic hydroxyl groups excluding tert-OH is 1. The van der Waals surface area contributed by atoms with Crippen molar-refractivity contribution in [2.75, 3.05) is 0 Å². The van der Waals surface area contributed by atoms with Crippen LogP contribution in [0.5, 0.6) is 0 Å². The Kier molecular flexibility index (Phi) is 5.64. The van der Waals surface area contributed by atoms with Gasteiger partial charge in [-0.15, -0.1) is 0 Å². The van der Waals surface area contributed by atoms with Crippen molar-refractivity contribution in [3.05, 3.63) is 6.29 Å². The number of hydrogen-bond acceptors (Lipinski definition) is 2. The van der Waals surface area contributed by atoms with Gasteiger partial charge < -0.3 is 10.2 Å². The van der Waals surface area contributed by atoms with Gasteiger partial charge in [-0.3, -0.25) is 0 Å². The van der Waals surface area contributed by atoms with Gasteiger partial charge in [-0.2, -0.15) is 0 Å². The van der Waals surface area contributed by atoms with Crippen LogP contribution in [0.1, 0.15) is 39.5 Å². The molecule has 0 saturated carbocycles. The van der Waals surface area contributed by atoms with Crippen LogP contribution in [0.3, 0.4) is 0 Å². The zero-order valence-corrected chi connectivity index (χ0v) is 6.80. The van der Waals surface area contributed by atoms with Crippen molar-refractivity contribution in [3.63, 3.8) is 0 Å². The standard InChI is InChI=1S/C8H17O2/c1-3-5-6-7(4-2)8(9)10/h7,9-10H,3-6H2,1-2H3. The Morgan fingerprint density at radius 3 is 2.20 bits per heavy atom. The summed E-state index contributed by atoms with van der Waals surface area (Å²) in [6.07, 6.45) is 3.51. The molecule has 0 aromatic heterocycles. The van der Waals surface area contributed by atoms with Gasteiger partial charge in [-0.25, -0.2) is 0 Å². The van der Waals surface area contributed by atoms with E-state index in [1.54, 1.807) is 0 Å². The lowest BCUT2D eigenvalue weighted by Crippen LogP contribution is -2.10. The minimum atomic E-state index is -0.393. The fourth-order valence-corrected chi connectivity index (χ4v) is 0.966. The predicted molar refractivity (Wildman–Crippen MR) is 40.4 cm³/mol. The number of rotatable bonds is 5. The molecule has 0 rings (SSSR count). The predicted octanol–water partition coefficient (Wildman–Crippen LogP) is 2.44. The van der Waals surface area contributed by atoms with Crippen molar-refractivity contribution in [2.45, 2.75) is 39.5 Å². The van der Waals surface area contributed by atoms with Crippen LogP contribution in [0.4, 0.5) is 0 Å². The van der Waals surface area contributed by atoms with Crippen LogP contribution < -0.4 is 0 Å². The van der Waals surface area contributed by atoms with Gasteiger partial charge >= 0.3 is 0 Å². The molecule has 61 valence electrons. The monoisotopic (exact) mass is 145 g/mol. The SMILES string of the molecule is CCCCC(CC)[C](O)O. The largest absolute Gasteiger partial charge is 0.361 e. The Bertz CT molecular complexity index is 71.7. The summed E-state index contributed by atoms with van der Waals surface area (Å²) in [5, 5.41) is 17.4. The third-order valence-electron chi connectivity index (χ3n) is 1.76. The molecule has 1 atom stereocenters. The van der Waals surface area contributed by atoms with Gasteiger partial charge in [0.05, 0.1) is 0 Å². The topological polar surface area (TPSA) is 40.5 Å². The normalized spacial score (nSPS) is 14.1. The fraction of sp³-hybridized carbons (Fsp3) is 0.875. The van der Waals surface area contributed by atoms with E-state index in [4.69, 9.17) is 10.2 Å². The molecule has 0 aliphatic rings. The highest BCUT2D eigenvalue weighted by Crippen LogP contribution is 2.19. The minimum absolute atomic E-state index is 0.0000463. The van der Waals surface area contributed by atoms with Crippen LogP contribution in [-0.4, -0.2) is 10.2 Å². The second-order valence-corrected chi connectivity index (χ2v) is 2.61. The molecule has 0 spiro atoms. The molecule has 1 radical (unpaired) electrons. The summed E-state index contributed by atoms with van der Waals surface area (Å²) in [5.41, 5.74) is 0. The zero-order chi connectivity index (χ0) is 7.98. The van der Waals surface area contributed by atoms with E-state index >= 15 is 0 Å². The van der Waals surface area contributed by atoms with Gasteiger partial charge in [0.2, 0.25) is 6.29 Å². The van der Waals surface area contributed by atoms with Crippen molar-refractivity contribution in [2.24, 2.45) is 5.92 Å². The lowest BCUT2D eigenvalue weighted by molar-refractivity contribution is 0.0282. The molecule has 2 heteroatoms. The van der Waals surface area contributed by atoms with Gasteiger partial charge in [0.15, 0.2) is 0 Å². The minimum Gasteiger partial charge on any atom is -0.361 e. The first-order valence-electron chi connectivity index (χ1n) is 3.97. The number of unbranched alkanes of at least 4 members (excludes halogenated alkanes) is 1. The molecule has 0 aromatic carbocycles. The maximum absolute atomic E-state index is 8.71. The van der Waals surface area contributed by atoms with E-state index in [1.807, 2.05) is 6.92 Å². The van der Waals surface area contributed by atoms with E-state index in [2.05, 4.69) is 6.92 Å². The molecule has 0 aliphatic heterocycles. The Morgan fingerprint density at radius 2 is 1.90 bits per heavy atom. The quantitative estimate of drug-likeness (QED) is 0.623. The van der Waals surface area contributed by atoms with E-state index in [1.165, 1.54) is 0 Å². The van der Waals surface area contributed by atoms with Crippen LogP contribution in [0.2, 0.25) is 0 Å². The fourth-order valence-electron chi connectivity index (χ4n) is 0.966. The Hall–Kier alpha value is -0.0800. The van der Waals surface area contributed by atoms with Crippen LogP contribution >= 0.6 is 0 Å². The van der Waals surface area contributed by atoms with Crippen molar-refractivity contribution in [1.29, 1.82) is 0 Å². The van der Waals surface area contributed by atoms with Crippen LogP contribution in [-0.2, 0) is 0 Å². The Balaban J connectivity index is 3.40. The summed E-state index contributed by atoms with van der Waals surface area (Å²) in [6, 6.07) is 0. The van der Waals surface area contributed by atoms with Gasteiger partial charge in [-0.05, 0) is 12.8 Å². The first-order chi connectivity index (χ1) is 4.72. The molecule has 0 fully saturated rings. The van der Waals surface area contributed by atoms with Crippen molar-refractivity contribution >= 4 is 0 Å². The van der Waals surface area contributed by atoms with Crippen molar-refractivity contribution in [3.8, 4) is 0 Å². The third-order valence-corrected chi connectivity index (χ3v) is 1.76.